The van der Waals surface area contributed by atoms with E-state index in [2.05, 4.69) is 27.1 Å². The molecule has 2 aromatic heterocycles. The van der Waals surface area contributed by atoms with Crippen molar-refractivity contribution in [2.45, 2.75) is 13.0 Å². The molecule has 2 N–H and O–H groups in total. The van der Waals surface area contributed by atoms with Crippen LogP contribution in [0.15, 0.2) is 29.9 Å². The first kappa shape index (κ1) is 14.2. The van der Waals surface area contributed by atoms with Gasteiger partial charge in [-0.15, -0.1) is 11.3 Å². The number of carbonyl (C=O) groups is 1. The van der Waals surface area contributed by atoms with E-state index in [1.165, 1.54) is 17.5 Å². The molecule has 0 bridgehead atoms. The first-order valence-corrected chi connectivity index (χ1v) is 6.84. The molecule has 6 heteroatoms. The Bertz CT molecular complexity index is 627. The number of hydrogen-bond donors (Lipinski definition) is 2. The van der Waals surface area contributed by atoms with E-state index in [1.807, 2.05) is 12.3 Å². The average Bonchev–Trinajstić information content (AvgIpc) is 3.00. The maximum absolute atomic E-state index is 12.0. The van der Waals surface area contributed by atoms with Crippen LogP contribution in [0.2, 0.25) is 0 Å². The van der Waals surface area contributed by atoms with Gasteiger partial charge in [0.1, 0.15) is 17.3 Å². The summed E-state index contributed by atoms with van der Waals surface area (Å²) in [5.74, 6) is 4.99. The normalized spacial score (nSPS) is 11.3. The lowest BCUT2D eigenvalue weighted by molar-refractivity contribution is 0.0935. The van der Waals surface area contributed by atoms with Crippen LogP contribution in [0, 0.1) is 11.8 Å². The Kier molecular flexibility index (Phi) is 4.82. The van der Waals surface area contributed by atoms with Gasteiger partial charge in [0, 0.05) is 23.3 Å². The Balaban J connectivity index is 2.02. The second-order valence-electron chi connectivity index (χ2n) is 3.96. The molecule has 2 aromatic rings. The van der Waals surface area contributed by atoms with Gasteiger partial charge in [-0.05, 0) is 19.1 Å². The van der Waals surface area contributed by atoms with Crippen molar-refractivity contribution in [1.29, 1.82) is 0 Å². The molecular formula is C14H13N3O2S. The van der Waals surface area contributed by atoms with Gasteiger partial charge in [-0.25, -0.2) is 9.97 Å². The first-order valence-electron chi connectivity index (χ1n) is 5.96. The zero-order chi connectivity index (χ0) is 14.4. The third-order valence-electron chi connectivity index (χ3n) is 2.48. The molecule has 0 spiro atoms. The van der Waals surface area contributed by atoms with Crippen molar-refractivity contribution >= 4 is 17.2 Å². The molecule has 102 valence electrons. The van der Waals surface area contributed by atoms with Crippen LogP contribution in [0.1, 0.15) is 34.0 Å². The molecule has 2 heterocycles. The summed E-state index contributed by atoms with van der Waals surface area (Å²) in [7, 11) is 0. The molecule has 1 unspecified atom stereocenters. The smallest absolute Gasteiger partial charge is 0.270 e. The molecule has 0 radical (unpaired) electrons. The van der Waals surface area contributed by atoms with Crippen LogP contribution in [0.4, 0.5) is 0 Å². The monoisotopic (exact) mass is 287 g/mol. The van der Waals surface area contributed by atoms with Gasteiger partial charge < -0.3 is 10.4 Å². The fraction of sp³-hybridized carbons (Fsp3) is 0.214. The van der Waals surface area contributed by atoms with E-state index in [0.717, 1.165) is 5.01 Å². The molecule has 0 aromatic carbocycles. The number of aromatic nitrogens is 2. The predicted octanol–water partition coefficient (Wildman–Crippen LogP) is 1.37. The van der Waals surface area contributed by atoms with Crippen molar-refractivity contribution in [3.63, 3.8) is 0 Å². The molecule has 20 heavy (non-hydrogen) atoms. The van der Waals surface area contributed by atoms with Crippen LogP contribution in [0.5, 0.6) is 0 Å². The topological polar surface area (TPSA) is 75.1 Å². The van der Waals surface area contributed by atoms with Gasteiger partial charge in [0.05, 0.1) is 6.04 Å². The highest BCUT2D eigenvalue weighted by Crippen LogP contribution is 2.15. The minimum atomic E-state index is -0.255. The van der Waals surface area contributed by atoms with Gasteiger partial charge in [-0.3, -0.25) is 4.79 Å². The maximum Gasteiger partial charge on any atom is 0.270 e. The van der Waals surface area contributed by atoms with Crippen LogP contribution in [0.3, 0.4) is 0 Å². The molecule has 0 saturated carbocycles. The molecule has 1 atom stereocenters. The van der Waals surface area contributed by atoms with Crippen molar-refractivity contribution in [3.05, 3.63) is 46.2 Å². The lowest BCUT2D eigenvalue weighted by atomic mass is 10.2. The number of amides is 1. The van der Waals surface area contributed by atoms with Crippen LogP contribution in [-0.2, 0) is 0 Å². The molecule has 0 aliphatic rings. The molecule has 1 amide bonds. The number of carbonyl (C=O) groups excluding carboxylic acids is 1. The van der Waals surface area contributed by atoms with E-state index in [-0.39, 0.29) is 18.6 Å². The highest BCUT2D eigenvalue weighted by molar-refractivity contribution is 7.09. The fourth-order valence-electron chi connectivity index (χ4n) is 1.52. The Hall–Kier alpha value is -2.23. The van der Waals surface area contributed by atoms with Crippen molar-refractivity contribution in [2.24, 2.45) is 0 Å². The van der Waals surface area contributed by atoms with E-state index < -0.39 is 0 Å². The quantitative estimate of drug-likeness (QED) is 0.836. The predicted molar refractivity (Wildman–Crippen MR) is 76.2 cm³/mol. The summed E-state index contributed by atoms with van der Waals surface area (Å²) in [5.41, 5.74) is 0.978. The van der Waals surface area contributed by atoms with Gasteiger partial charge in [-0.1, -0.05) is 11.8 Å². The summed E-state index contributed by atoms with van der Waals surface area (Å²) in [5, 5.41) is 14.1. The standard InChI is InChI=1S/C14H13N3O2S/c1-10(14-15-6-8-20-14)17-13(19)12-5-4-11(9-16-12)3-2-7-18/h4-6,8-10,18H,7H2,1H3,(H,17,19). The Morgan fingerprint density at radius 2 is 2.35 bits per heavy atom. The zero-order valence-corrected chi connectivity index (χ0v) is 11.6. The Labute approximate surface area is 120 Å². The molecular weight excluding hydrogens is 274 g/mol. The number of rotatable bonds is 3. The van der Waals surface area contributed by atoms with E-state index in [4.69, 9.17) is 5.11 Å². The summed E-state index contributed by atoms with van der Waals surface area (Å²) in [6.45, 7) is 1.67. The summed E-state index contributed by atoms with van der Waals surface area (Å²) >= 11 is 1.49. The highest BCUT2D eigenvalue weighted by atomic mass is 32.1. The van der Waals surface area contributed by atoms with Gasteiger partial charge in [0.2, 0.25) is 0 Å². The summed E-state index contributed by atoms with van der Waals surface area (Å²) in [6.07, 6.45) is 3.21. The summed E-state index contributed by atoms with van der Waals surface area (Å²) in [4.78, 5) is 20.2. The third-order valence-corrected chi connectivity index (χ3v) is 3.44. The van der Waals surface area contributed by atoms with E-state index >= 15 is 0 Å². The van der Waals surface area contributed by atoms with E-state index in [9.17, 15) is 4.79 Å². The van der Waals surface area contributed by atoms with Crippen molar-refractivity contribution in [1.82, 2.24) is 15.3 Å². The highest BCUT2D eigenvalue weighted by Gasteiger charge is 2.13. The lowest BCUT2D eigenvalue weighted by Crippen LogP contribution is -2.27. The van der Waals surface area contributed by atoms with Crippen LogP contribution in [-0.4, -0.2) is 27.6 Å². The SMILES string of the molecule is CC(NC(=O)c1ccc(C#CCO)cn1)c1nccs1. The zero-order valence-electron chi connectivity index (χ0n) is 10.8. The van der Waals surface area contributed by atoms with E-state index in [0.29, 0.717) is 11.3 Å². The number of nitrogens with zero attached hydrogens (tertiary/aromatic N) is 2. The molecule has 0 aliphatic heterocycles. The summed E-state index contributed by atoms with van der Waals surface area (Å²) in [6, 6.07) is 3.14. The Morgan fingerprint density at radius 1 is 1.50 bits per heavy atom. The number of hydrogen-bond acceptors (Lipinski definition) is 5. The molecule has 5 nitrogen and oxygen atoms in total. The van der Waals surface area contributed by atoms with Crippen LogP contribution in [0.25, 0.3) is 0 Å². The van der Waals surface area contributed by atoms with Gasteiger partial charge in [-0.2, -0.15) is 0 Å². The van der Waals surface area contributed by atoms with E-state index in [1.54, 1.807) is 18.3 Å². The van der Waals surface area contributed by atoms with Gasteiger partial charge >= 0.3 is 0 Å². The minimum Gasteiger partial charge on any atom is -0.384 e. The van der Waals surface area contributed by atoms with Crippen LogP contribution < -0.4 is 5.32 Å². The molecule has 0 saturated heterocycles. The lowest BCUT2D eigenvalue weighted by Gasteiger charge is -2.10. The average molecular weight is 287 g/mol. The number of nitrogens with one attached hydrogen (secondary N) is 1. The molecule has 0 fully saturated rings. The largest absolute Gasteiger partial charge is 0.384 e. The first-order chi connectivity index (χ1) is 9.70. The van der Waals surface area contributed by atoms with Crippen molar-refractivity contribution < 1.29 is 9.90 Å². The number of aliphatic hydroxyl groups is 1. The maximum atomic E-state index is 12.0. The number of thiazole rings is 1. The second-order valence-corrected chi connectivity index (χ2v) is 4.88. The number of pyridine rings is 1. The van der Waals surface area contributed by atoms with Gasteiger partial charge in [0.25, 0.3) is 5.91 Å². The van der Waals surface area contributed by atoms with Crippen molar-refractivity contribution in [2.75, 3.05) is 6.61 Å². The third kappa shape index (κ3) is 3.63. The van der Waals surface area contributed by atoms with Gasteiger partial charge in [0.15, 0.2) is 0 Å². The minimum absolute atomic E-state index is 0.154. The Morgan fingerprint density at radius 3 is 2.95 bits per heavy atom. The second kappa shape index (κ2) is 6.80. The van der Waals surface area contributed by atoms with Crippen molar-refractivity contribution in [3.8, 4) is 11.8 Å². The molecule has 0 aliphatic carbocycles. The fourth-order valence-corrected chi connectivity index (χ4v) is 2.17. The molecule has 2 rings (SSSR count). The summed E-state index contributed by atoms with van der Waals surface area (Å²) < 4.78 is 0. The van der Waals surface area contributed by atoms with Crippen LogP contribution >= 0.6 is 11.3 Å². The number of aliphatic hydroxyl groups excluding tert-OH is 1.